The fraction of sp³-hybridized carbons (Fsp3) is 0.529. The molecule has 0 aromatic carbocycles. The number of alkyl halides is 3. The third kappa shape index (κ3) is 2.70. The lowest BCUT2D eigenvalue weighted by Crippen LogP contribution is -2.32. The van der Waals surface area contributed by atoms with E-state index in [1.165, 1.54) is 12.3 Å². The van der Waals surface area contributed by atoms with E-state index in [9.17, 15) is 13.2 Å². The van der Waals surface area contributed by atoms with Gasteiger partial charge in [-0.1, -0.05) is 0 Å². The van der Waals surface area contributed by atoms with Gasteiger partial charge in [-0.25, -0.2) is 0 Å². The van der Waals surface area contributed by atoms with E-state index in [1.807, 2.05) is 4.68 Å². The van der Waals surface area contributed by atoms with Gasteiger partial charge in [0.2, 0.25) is 0 Å². The van der Waals surface area contributed by atoms with Gasteiger partial charge in [-0.05, 0) is 50.3 Å². The van der Waals surface area contributed by atoms with Gasteiger partial charge in [0.15, 0.2) is 0 Å². The zero-order valence-corrected chi connectivity index (χ0v) is 13.1. The number of halogens is 3. The number of hydrogen-bond acceptors (Lipinski definition) is 3. The van der Waals surface area contributed by atoms with Crippen molar-refractivity contribution in [1.82, 2.24) is 14.8 Å². The Hall–Kier alpha value is -1.89. The molecule has 2 aromatic heterocycles. The second kappa shape index (κ2) is 5.58. The molecule has 0 bridgehead atoms. The molecule has 0 radical (unpaired) electrons. The molecule has 4 nitrogen and oxygen atoms in total. The van der Waals surface area contributed by atoms with E-state index in [1.54, 1.807) is 6.20 Å². The minimum absolute atomic E-state index is 0.00662. The van der Waals surface area contributed by atoms with Gasteiger partial charge in [0.1, 0.15) is 0 Å². The molecular formula is C17H19F3N4. The molecule has 128 valence electrons. The van der Waals surface area contributed by atoms with Crippen molar-refractivity contribution in [3.05, 3.63) is 35.8 Å². The summed E-state index contributed by atoms with van der Waals surface area (Å²) < 4.78 is 41.9. The number of aromatic nitrogens is 3. The Morgan fingerprint density at radius 2 is 2.00 bits per heavy atom. The first-order valence-corrected chi connectivity index (χ1v) is 8.29. The summed E-state index contributed by atoms with van der Waals surface area (Å²) >= 11 is 0. The zero-order chi connectivity index (χ0) is 16.9. The van der Waals surface area contributed by atoms with Gasteiger partial charge in [0.05, 0.1) is 23.0 Å². The van der Waals surface area contributed by atoms with Crippen molar-refractivity contribution in [1.29, 1.82) is 0 Å². The van der Waals surface area contributed by atoms with Crippen LogP contribution in [0.25, 0.3) is 11.3 Å². The maximum Gasteiger partial charge on any atom is 0.418 e. The minimum Gasteiger partial charge on any atom is -0.330 e. The fourth-order valence-corrected chi connectivity index (χ4v) is 3.39. The standard InChI is InChI=1S/C17H19F3N4/c18-17(19,20)14-2-1-5-22-16(14)13-9-24(12-6-10(7-12)8-21)23-15(13)11-3-4-11/h1-2,5,9-12H,3-4,6-8,21H2. The van der Waals surface area contributed by atoms with E-state index in [-0.39, 0.29) is 17.7 Å². The van der Waals surface area contributed by atoms with Crippen LogP contribution in [0.2, 0.25) is 0 Å². The first-order valence-electron chi connectivity index (χ1n) is 8.29. The molecule has 24 heavy (non-hydrogen) atoms. The van der Waals surface area contributed by atoms with Crippen molar-refractivity contribution in [3.8, 4) is 11.3 Å². The SMILES string of the molecule is NCC1CC(n2cc(-c3ncccc3C(F)(F)F)c(C3CC3)n2)C1. The molecule has 2 aliphatic carbocycles. The summed E-state index contributed by atoms with van der Waals surface area (Å²) in [5.74, 6) is 0.752. The average molecular weight is 336 g/mol. The molecule has 2 saturated carbocycles. The minimum atomic E-state index is -4.42. The number of nitrogens with two attached hydrogens (primary N) is 1. The third-order valence-corrected chi connectivity index (χ3v) is 5.01. The summed E-state index contributed by atoms with van der Waals surface area (Å²) in [5.41, 5.74) is 6.25. The van der Waals surface area contributed by atoms with Crippen molar-refractivity contribution in [2.24, 2.45) is 11.7 Å². The highest BCUT2D eigenvalue weighted by Gasteiger charge is 2.39. The first-order chi connectivity index (χ1) is 11.5. The van der Waals surface area contributed by atoms with Crippen LogP contribution >= 0.6 is 0 Å². The predicted octanol–water partition coefficient (Wildman–Crippen LogP) is 3.75. The number of hydrogen-bond donors (Lipinski definition) is 1. The summed E-state index contributed by atoms with van der Waals surface area (Å²) in [4.78, 5) is 4.04. The van der Waals surface area contributed by atoms with Crippen LogP contribution in [0.5, 0.6) is 0 Å². The fourth-order valence-electron chi connectivity index (χ4n) is 3.39. The quantitative estimate of drug-likeness (QED) is 0.925. The van der Waals surface area contributed by atoms with Crippen molar-refractivity contribution in [2.75, 3.05) is 6.54 Å². The van der Waals surface area contributed by atoms with E-state index in [2.05, 4.69) is 10.1 Å². The Morgan fingerprint density at radius 3 is 2.62 bits per heavy atom. The van der Waals surface area contributed by atoms with Gasteiger partial charge in [0, 0.05) is 23.9 Å². The molecule has 2 fully saturated rings. The largest absolute Gasteiger partial charge is 0.418 e. The second-order valence-corrected chi connectivity index (χ2v) is 6.81. The van der Waals surface area contributed by atoms with Crippen LogP contribution < -0.4 is 5.73 Å². The van der Waals surface area contributed by atoms with Crippen LogP contribution in [0.15, 0.2) is 24.5 Å². The predicted molar refractivity (Wildman–Crippen MR) is 83.3 cm³/mol. The molecule has 0 atom stereocenters. The van der Waals surface area contributed by atoms with Crippen LogP contribution in [0.1, 0.15) is 48.9 Å². The van der Waals surface area contributed by atoms with Gasteiger partial charge < -0.3 is 5.73 Å². The van der Waals surface area contributed by atoms with Crippen LogP contribution in [-0.4, -0.2) is 21.3 Å². The lowest BCUT2D eigenvalue weighted by Gasteiger charge is -2.34. The van der Waals surface area contributed by atoms with Gasteiger partial charge in [-0.15, -0.1) is 0 Å². The summed E-state index contributed by atoms with van der Waals surface area (Å²) in [5, 5.41) is 4.63. The molecule has 0 saturated heterocycles. The van der Waals surface area contributed by atoms with E-state index in [0.29, 0.717) is 18.0 Å². The van der Waals surface area contributed by atoms with Crippen LogP contribution in [0, 0.1) is 5.92 Å². The van der Waals surface area contributed by atoms with Gasteiger partial charge >= 0.3 is 6.18 Å². The number of rotatable bonds is 4. The Balaban J connectivity index is 1.74. The normalized spacial score (nSPS) is 24.0. The molecule has 2 aliphatic rings. The average Bonchev–Trinajstić information content (AvgIpc) is 3.26. The lowest BCUT2D eigenvalue weighted by molar-refractivity contribution is -0.137. The van der Waals surface area contributed by atoms with Crippen molar-refractivity contribution < 1.29 is 13.2 Å². The highest BCUT2D eigenvalue weighted by Crippen LogP contribution is 2.47. The van der Waals surface area contributed by atoms with Gasteiger partial charge in [-0.2, -0.15) is 18.3 Å². The molecule has 2 heterocycles. The summed E-state index contributed by atoms with van der Waals surface area (Å²) in [6, 6.07) is 2.65. The summed E-state index contributed by atoms with van der Waals surface area (Å²) in [7, 11) is 0. The monoisotopic (exact) mass is 336 g/mol. The Bertz CT molecular complexity index is 743. The smallest absolute Gasteiger partial charge is 0.330 e. The Kier molecular flexibility index (Phi) is 3.63. The van der Waals surface area contributed by atoms with E-state index < -0.39 is 11.7 Å². The maximum absolute atomic E-state index is 13.3. The highest BCUT2D eigenvalue weighted by molar-refractivity contribution is 5.66. The highest BCUT2D eigenvalue weighted by atomic mass is 19.4. The third-order valence-electron chi connectivity index (χ3n) is 5.01. The molecule has 0 aliphatic heterocycles. The summed E-state index contributed by atoms with van der Waals surface area (Å²) in [6.07, 6.45) is 2.58. The Labute approximate surface area is 137 Å². The molecule has 4 rings (SSSR count). The molecular weight excluding hydrogens is 317 g/mol. The summed E-state index contributed by atoms with van der Waals surface area (Å²) in [6.45, 7) is 0.651. The maximum atomic E-state index is 13.3. The first kappa shape index (κ1) is 15.6. The van der Waals surface area contributed by atoms with Crippen molar-refractivity contribution >= 4 is 0 Å². The van der Waals surface area contributed by atoms with E-state index in [0.717, 1.165) is 37.4 Å². The van der Waals surface area contributed by atoms with E-state index >= 15 is 0 Å². The zero-order valence-electron chi connectivity index (χ0n) is 13.1. The molecule has 0 spiro atoms. The number of nitrogens with zero attached hydrogens (tertiary/aromatic N) is 3. The van der Waals surface area contributed by atoms with Crippen LogP contribution in [0.4, 0.5) is 13.2 Å². The second-order valence-electron chi connectivity index (χ2n) is 6.81. The molecule has 7 heteroatoms. The van der Waals surface area contributed by atoms with Crippen LogP contribution in [0.3, 0.4) is 0 Å². The molecule has 2 N–H and O–H groups in total. The van der Waals surface area contributed by atoms with Crippen molar-refractivity contribution in [3.63, 3.8) is 0 Å². The lowest BCUT2D eigenvalue weighted by atomic mass is 9.80. The topological polar surface area (TPSA) is 56.7 Å². The molecule has 0 unspecified atom stereocenters. The van der Waals surface area contributed by atoms with Gasteiger partial charge in [-0.3, -0.25) is 9.67 Å². The van der Waals surface area contributed by atoms with Crippen LogP contribution in [-0.2, 0) is 6.18 Å². The van der Waals surface area contributed by atoms with E-state index in [4.69, 9.17) is 5.73 Å². The number of pyridine rings is 1. The van der Waals surface area contributed by atoms with Crippen molar-refractivity contribution in [2.45, 2.75) is 43.8 Å². The molecule has 0 amide bonds. The molecule has 2 aromatic rings. The van der Waals surface area contributed by atoms with Gasteiger partial charge in [0.25, 0.3) is 0 Å². The Morgan fingerprint density at radius 1 is 1.25 bits per heavy atom.